The summed E-state index contributed by atoms with van der Waals surface area (Å²) in [6.07, 6.45) is 0. The third kappa shape index (κ3) is 2.32. The number of halogens is 3. The molecule has 2 aromatic rings. The number of benzene rings is 1. The van der Waals surface area contributed by atoms with Gasteiger partial charge in [0.1, 0.15) is 5.69 Å². The van der Waals surface area contributed by atoms with Gasteiger partial charge in [-0.05, 0) is 28.1 Å². The summed E-state index contributed by atoms with van der Waals surface area (Å²) in [5.41, 5.74) is 0.726. The highest BCUT2D eigenvalue weighted by Crippen LogP contribution is 2.30. The topological polar surface area (TPSA) is 63.3 Å². The largest absolute Gasteiger partial charge is 0.475 e. The molecule has 1 heterocycles. The van der Waals surface area contributed by atoms with Gasteiger partial charge >= 0.3 is 5.97 Å². The lowest BCUT2D eigenvalue weighted by Crippen LogP contribution is -1.91. The Kier molecular flexibility index (Phi) is 3.17. The first-order valence-corrected chi connectivity index (χ1v) is 5.51. The Hall–Kier alpha value is -1.40. The first-order chi connectivity index (χ1) is 7.99. The molecule has 7 heteroatoms. The molecule has 0 radical (unpaired) electrons. The summed E-state index contributed by atoms with van der Waals surface area (Å²) in [6.45, 7) is 0. The average Bonchev–Trinajstić information content (AvgIpc) is 2.74. The van der Waals surface area contributed by atoms with Gasteiger partial charge in [-0.2, -0.15) is 0 Å². The van der Waals surface area contributed by atoms with E-state index in [-0.39, 0.29) is 20.9 Å². The van der Waals surface area contributed by atoms with E-state index in [1.54, 1.807) is 0 Å². The molecule has 0 amide bonds. The molecule has 1 aromatic heterocycles. The minimum absolute atomic E-state index is 0.0887. The first-order valence-electron chi connectivity index (χ1n) is 4.34. The number of aromatic nitrogens is 1. The van der Waals surface area contributed by atoms with Crippen molar-refractivity contribution in [3.05, 3.63) is 39.3 Å². The normalized spacial score (nSPS) is 10.5. The Balaban J connectivity index is 2.49. The van der Waals surface area contributed by atoms with Crippen LogP contribution >= 0.6 is 27.5 Å². The second-order valence-corrected chi connectivity index (χ2v) is 4.40. The summed E-state index contributed by atoms with van der Waals surface area (Å²) in [7, 11) is 0. The fourth-order valence-corrected chi connectivity index (χ4v) is 2.01. The molecule has 88 valence electrons. The van der Waals surface area contributed by atoms with Gasteiger partial charge in [-0.1, -0.05) is 16.8 Å². The van der Waals surface area contributed by atoms with Crippen LogP contribution in [-0.2, 0) is 0 Å². The number of carboxylic acid groups (broad SMARTS) is 1. The van der Waals surface area contributed by atoms with Crippen molar-refractivity contribution in [2.75, 3.05) is 0 Å². The SMILES string of the molecule is O=C(O)c1cc(-c2cc(Cl)c(F)c(Br)c2)no1. The summed E-state index contributed by atoms with van der Waals surface area (Å²) in [5.74, 6) is -2.11. The average molecular weight is 321 g/mol. The second kappa shape index (κ2) is 4.46. The molecule has 0 unspecified atom stereocenters. The van der Waals surface area contributed by atoms with E-state index in [4.69, 9.17) is 16.7 Å². The number of nitrogens with zero attached hydrogens (tertiary/aromatic N) is 1. The maximum absolute atomic E-state index is 13.2. The van der Waals surface area contributed by atoms with Crippen LogP contribution in [-0.4, -0.2) is 16.2 Å². The van der Waals surface area contributed by atoms with Crippen LogP contribution in [0.4, 0.5) is 4.39 Å². The number of carboxylic acids is 1. The van der Waals surface area contributed by atoms with Crippen LogP contribution in [0.2, 0.25) is 5.02 Å². The van der Waals surface area contributed by atoms with Gasteiger partial charge in [0.25, 0.3) is 0 Å². The third-order valence-electron chi connectivity index (χ3n) is 2.00. The van der Waals surface area contributed by atoms with Crippen molar-refractivity contribution >= 4 is 33.5 Å². The fraction of sp³-hybridized carbons (Fsp3) is 0. The monoisotopic (exact) mass is 319 g/mol. The zero-order valence-corrected chi connectivity index (χ0v) is 10.4. The Morgan fingerprint density at radius 3 is 2.71 bits per heavy atom. The zero-order chi connectivity index (χ0) is 12.6. The third-order valence-corrected chi connectivity index (χ3v) is 2.85. The molecule has 2 rings (SSSR count). The fourth-order valence-electron chi connectivity index (χ4n) is 1.22. The van der Waals surface area contributed by atoms with Crippen molar-refractivity contribution in [3.8, 4) is 11.3 Å². The predicted octanol–water partition coefficient (Wildman–Crippen LogP) is 3.59. The van der Waals surface area contributed by atoms with Crippen molar-refractivity contribution in [3.63, 3.8) is 0 Å². The molecule has 0 atom stereocenters. The van der Waals surface area contributed by atoms with E-state index in [9.17, 15) is 9.18 Å². The van der Waals surface area contributed by atoms with E-state index in [1.807, 2.05) is 0 Å². The minimum Gasteiger partial charge on any atom is -0.475 e. The lowest BCUT2D eigenvalue weighted by molar-refractivity contribution is 0.0652. The van der Waals surface area contributed by atoms with E-state index in [0.717, 1.165) is 0 Å². The van der Waals surface area contributed by atoms with Crippen molar-refractivity contribution in [2.24, 2.45) is 0 Å². The highest BCUT2D eigenvalue weighted by molar-refractivity contribution is 9.10. The molecule has 1 N–H and O–H groups in total. The Morgan fingerprint density at radius 1 is 1.47 bits per heavy atom. The number of hydrogen-bond acceptors (Lipinski definition) is 3. The summed E-state index contributed by atoms with van der Waals surface area (Å²) in [6, 6.07) is 4.01. The molecule has 0 aliphatic heterocycles. The molecule has 17 heavy (non-hydrogen) atoms. The van der Waals surface area contributed by atoms with Crippen molar-refractivity contribution < 1.29 is 18.8 Å². The van der Waals surface area contributed by atoms with Crippen LogP contribution in [0, 0.1) is 5.82 Å². The second-order valence-electron chi connectivity index (χ2n) is 3.14. The van der Waals surface area contributed by atoms with Crippen LogP contribution in [0.5, 0.6) is 0 Å². The summed E-state index contributed by atoms with van der Waals surface area (Å²) in [4.78, 5) is 10.6. The molecule has 0 aliphatic rings. The smallest absolute Gasteiger partial charge is 0.374 e. The van der Waals surface area contributed by atoms with Gasteiger partial charge in [-0.25, -0.2) is 9.18 Å². The Labute approximate surface area is 108 Å². The number of carbonyl (C=O) groups is 1. The lowest BCUT2D eigenvalue weighted by atomic mass is 10.1. The van der Waals surface area contributed by atoms with E-state index in [1.165, 1.54) is 18.2 Å². The molecular formula is C10H4BrClFNO3. The first kappa shape index (κ1) is 12.1. The van der Waals surface area contributed by atoms with Gasteiger partial charge in [-0.15, -0.1) is 0 Å². The molecule has 0 saturated heterocycles. The highest BCUT2D eigenvalue weighted by Gasteiger charge is 2.15. The molecule has 0 saturated carbocycles. The van der Waals surface area contributed by atoms with Gasteiger partial charge in [-0.3, -0.25) is 0 Å². The minimum atomic E-state index is -1.23. The lowest BCUT2D eigenvalue weighted by Gasteiger charge is -2.00. The van der Waals surface area contributed by atoms with Crippen LogP contribution in [0.3, 0.4) is 0 Å². The zero-order valence-electron chi connectivity index (χ0n) is 8.08. The van der Waals surface area contributed by atoms with Crippen LogP contribution in [0.1, 0.15) is 10.6 Å². The van der Waals surface area contributed by atoms with Gasteiger partial charge in [0, 0.05) is 11.6 Å². The Bertz CT molecular complexity index is 576. The van der Waals surface area contributed by atoms with Gasteiger partial charge < -0.3 is 9.63 Å². The quantitative estimate of drug-likeness (QED) is 0.859. The maximum atomic E-state index is 13.2. The molecule has 0 bridgehead atoms. The van der Waals surface area contributed by atoms with Gasteiger partial charge in [0.05, 0.1) is 9.50 Å². The molecular weight excluding hydrogens is 316 g/mol. The van der Waals surface area contributed by atoms with E-state index >= 15 is 0 Å². The molecule has 0 aliphatic carbocycles. The van der Waals surface area contributed by atoms with Crippen molar-refractivity contribution in [1.82, 2.24) is 5.16 Å². The van der Waals surface area contributed by atoms with E-state index < -0.39 is 11.8 Å². The van der Waals surface area contributed by atoms with Crippen LogP contribution < -0.4 is 0 Å². The van der Waals surface area contributed by atoms with Crippen molar-refractivity contribution in [2.45, 2.75) is 0 Å². The summed E-state index contributed by atoms with van der Waals surface area (Å²) < 4.78 is 18.0. The summed E-state index contributed by atoms with van der Waals surface area (Å²) in [5, 5.41) is 12.1. The van der Waals surface area contributed by atoms with Crippen molar-refractivity contribution in [1.29, 1.82) is 0 Å². The van der Waals surface area contributed by atoms with E-state index in [0.29, 0.717) is 5.56 Å². The molecule has 4 nitrogen and oxygen atoms in total. The number of rotatable bonds is 2. The number of aromatic carboxylic acids is 1. The Morgan fingerprint density at radius 2 is 2.18 bits per heavy atom. The molecule has 0 fully saturated rings. The predicted molar refractivity (Wildman–Crippen MR) is 61.6 cm³/mol. The molecule has 1 aromatic carbocycles. The van der Waals surface area contributed by atoms with Crippen LogP contribution in [0.25, 0.3) is 11.3 Å². The van der Waals surface area contributed by atoms with Gasteiger partial charge in [0.2, 0.25) is 5.76 Å². The van der Waals surface area contributed by atoms with Crippen LogP contribution in [0.15, 0.2) is 27.2 Å². The summed E-state index contributed by atoms with van der Waals surface area (Å²) >= 11 is 8.65. The van der Waals surface area contributed by atoms with Gasteiger partial charge in [0.15, 0.2) is 5.82 Å². The van der Waals surface area contributed by atoms with E-state index in [2.05, 4.69) is 25.6 Å². The molecule has 0 spiro atoms. The standard InChI is InChI=1S/C10H4BrClFNO3/c11-5-1-4(2-6(12)9(5)13)7-3-8(10(15)16)17-14-7/h1-3H,(H,15,16). The highest BCUT2D eigenvalue weighted by atomic mass is 79.9. The number of hydrogen-bond donors (Lipinski definition) is 1. The maximum Gasteiger partial charge on any atom is 0.374 e.